The van der Waals surface area contributed by atoms with Crippen LogP contribution in [0.2, 0.25) is 0 Å². The predicted octanol–water partition coefficient (Wildman–Crippen LogP) is 3.73. The molecule has 4 heteroatoms. The van der Waals surface area contributed by atoms with Gasteiger partial charge >= 0.3 is 5.97 Å². The maximum absolute atomic E-state index is 10.7. The Hall–Kier alpha value is -2.23. The summed E-state index contributed by atoms with van der Waals surface area (Å²) in [5, 5.41) is 8.81. The van der Waals surface area contributed by atoms with E-state index in [2.05, 4.69) is 6.07 Å². The average Bonchev–Trinajstić information content (AvgIpc) is 2.76. The lowest BCUT2D eigenvalue weighted by Gasteiger charge is -2.13. The third kappa shape index (κ3) is 3.16. The average molecular weight is 260 g/mol. The molecule has 0 fully saturated rings. The van der Waals surface area contributed by atoms with E-state index in [1.807, 2.05) is 32.9 Å². The highest BCUT2D eigenvalue weighted by molar-refractivity contribution is 5.84. The maximum atomic E-state index is 10.7. The van der Waals surface area contributed by atoms with Crippen LogP contribution in [0.5, 0.6) is 5.75 Å². The largest absolute Gasteiger partial charge is 0.483 e. The highest BCUT2D eigenvalue weighted by Gasteiger charge is 2.15. The molecule has 0 aliphatic rings. The number of aromatic carboxylic acids is 1. The van der Waals surface area contributed by atoms with Crippen molar-refractivity contribution in [1.82, 2.24) is 0 Å². The minimum atomic E-state index is -1.08. The van der Waals surface area contributed by atoms with Gasteiger partial charge in [0.05, 0.1) is 0 Å². The van der Waals surface area contributed by atoms with E-state index < -0.39 is 5.97 Å². The molecule has 2 rings (SSSR count). The number of furan rings is 1. The molecule has 0 saturated carbocycles. The van der Waals surface area contributed by atoms with Gasteiger partial charge < -0.3 is 14.3 Å². The van der Waals surface area contributed by atoms with Crippen molar-refractivity contribution in [2.45, 2.75) is 26.9 Å². The molecule has 100 valence electrons. The van der Waals surface area contributed by atoms with Crippen molar-refractivity contribution in [3.63, 3.8) is 0 Å². The number of aryl methyl sites for hydroxylation is 2. The quantitative estimate of drug-likeness (QED) is 0.909. The van der Waals surface area contributed by atoms with Crippen LogP contribution in [0.4, 0.5) is 0 Å². The normalized spacial score (nSPS) is 12.2. The van der Waals surface area contributed by atoms with Crippen LogP contribution in [-0.4, -0.2) is 11.1 Å². The molecule has 0 bridgehead atoms. The summed E-state index contributed by atoms with van der Waals surface area (Å²) < 4.78 is 11.0. The van der Waals surface area contributed by atoms with Crippen molar-refractivity contribution in [3.8, 4) is 5.75 Å². The van der Waals surface area contributed by atoms with E-state index in [1.165, 1.54) is 6.07 Å². The van der Waals surface area contributed by atoms with Crippen molar-refractivity contribution in [2.75, 3.05) is 0 Å². The summed E-state index contributed by atoms with van der Waals surface area (Å²) in [4.78, 5) is 10.7. The number of hydrogen-bond acceptors (Lipinski definition) is 3. The predicted molar refractivity (Wildman–Crippen MR) is 70.6 cm³/mol. The Balaban J connectivity index is 2.15. The van der Waals surface area contributed by atoms with Crippen LogP contribution in [0.1, 0.15) is 40.5 Å². The molecule has 1 atom stereocenters. The fourth-order valence-electron chi connectivity index (χ4n) is 1.95. The summed E-state index contributed by atoms with van der Waals surface area (Å²) in [5.74, 6) is 0.0885. The number of hydrogen-bond donors (Lipinski definition) is 1. The summed E-state index contributed by atoms with van der Waals surface area (Å²) in [5.41, 5.74) is 2.24. The molecular weight excluding hydrogens is 244 g/mol. The Morgan fingerprint density at radius 3 is 2.37 bits per heavy atom. The standard InChI is InChI=1S/C15H16O4/c1-9-6-10(2)8-12(7-9)18-11(3)13-4-5-14(19-13)15(16)17/h4-8,11H,1-3H3,(H,16,17). The van der Waals surface area contributed by atoms with Gasteiger partial charge in [-0.2, -0.15) is 0 Å². The Morgan fingerprint density at radius 2 is 1.84 bits per heavy atom. The highest BCUT2D eigenvalue weighted by atomic mass is 16.5. The Kier molecular flexibility index (Phi) is 3.60. The fraction of sp³-hybridized carbons (Fsp3) is 0.267. The Bertz CT molecular complexity index is 578. The summed E-state index contributed by atoms with van der Waals surface area (Å²) >= 11 is 0. The van der Waals surface area contributed by atoms with Gasteiger partial charge in [0, 0.05) is 0 Å². The Labute approximate surface area is 111 Å². The number of rotatable bonds is 4. The van der Waals surface area contributed by atoms with Crippen molar-refractivity contribution in [3.05, 3.63) is 53.0 Å². The number of carboxylic acid groups (broad SMARTS) is 1. The lowest BCUT2D eigenvalue weighted by molar-refractivity contribution is 0.0655. The molecule has 0 aliphatic carbocycles. The van der Waals surface area contributed by atoms with Crippen LogP contribution in [0, 0.1) is 13.8 Å². The molecule has 19 heavy (non-hydrogen) atoms. The van der Waals surface area contributed by atoms with Gasteiger partial charge in [0.2, 0.25) is 5.76 Å². The summed E-state index contributed by atoms with van der Waals surface area (Å²) in [6.07, 6.45) is -0.339. The molecule has 0 amide bonds. The summed E-state index contributed by atoms with van der Waals surface area (Å²) in [7, 11) is 0. The van der Waals surface area contributed by atoms with Gasteiger partial charge in [0.1, 0.15) is 11.5 Å². The smallest absolute Gasteiger partial charge is 0.371 e. The van der Waals surface area contributed by atoms with Gasteiger partial charge in [-0.05, 0) is 56.2 Å². The fourth-order valence-corrected chi connectivity index (χ4v) is 1.95. The monoisotopic (exact) mass is 260 g/mol. The third-order valence-electron chi connectivity index (χ3n) is 2.75. The maximum Gasteiger partial charge on any atom is 0.371 e. The molecule has 1 unspecified atom stereocenters. The first-order valence-electron chi connectivity index (χ1n) is 6.03. The molecule has 1 aromatic heterocycles. The zero-order valence-corrected chi connectivity index (χ0v) is 11.1. The van der Waals surface area contributed by atoms with Gasteiger partial charge in [-0.3, -0.25) is 0 Å². The first-order chi connectivity index (χ1) is 8.95. The van der Waals surface area contributed by atoms with Gasteiger partial charge in [-0.15, -0.1) is 0 Å². The number of ether oxygens (including phenoxy) is 1. The number of benzene rings is 1. The zero-order chi connectivity index (χ0) is 14.0. The molecule has 4 nitrogen and oxygen atoms in total. The van der Waals surface area contributed by atoms with E-state index >= 15 is 0 Å². The van der Waals surface area contributed by atoms with E-state index in [0.29, 0.717) is 5.76 Å². The second kappa shape index (κ2) is 5.18. The second-order valence-corrected chi connectivity index (χ2v) is 4.59. The van der Waals surface area contributed by atoms with E-state index in [1.54, 1.807) is 6.07 Å². The molecule has 0 spiro atoms. The second-order valence-electron chi connectivity index (χ2n) is 4.59. The SMILES string of the molecule is Cc1cc(C)cc(OC(C)c2ccc(C(=O)O)o2)c1. The topological polar surface area (TPSA) is 59.7 Å². The van der Waals surface area contributed by atoms with E-state index in [0.717, 1.165) is 16.9 Å². The van der Waals surface area contributed by atoms with Crippen LogP contribution in [0.15, 0.2) is 34.7 Å². The molecule has 1 aromatic carbocycles. The first-order valence-corrected chi connectivity index (χ1v) is 6.03. The van der Waals surface area contributed by atoms with Gasteiger partial charge in [0.15, 0.2) is 6.10 Å². The van der Waals surface area contributed by atoms with Gasteiger partial charge in [-0.1, -0.05) is 6.07 Å². The zero-order valence-electron chi connectivity index (χ0n) is 11.1. The van der Waals surface area contributed by atoms with Crippen molar-refractivity contribution >= 4 is 5.97 Å². The van der Waals surface area contributed by atoms with Crippen LogP contribution in [-0.2, 0) is 0 Å². The van der Waals surface area contributed by atoms with Crippen LogP contribution in [0.25, 0.3) is 0 Å². The van der Waals surface area contributed by atoms with Gasteiger partial charge in [0.25, 0.3) is 0 Å². The van der Waals surface area contributed by atoms with Crippen molar-refractivity contribution in [1.29, 1.82) is 0 Å². The summed E-state index contributed by atoms with van der Waals surface area (Å²) in [6, 6.07) is 8.98. The van der Waals surface area contributed by atoms with E-state index in [-0.39, 0.29) is 11.9 Å². The Morgan fingerprint density at radius 1 is 1.21 bits per heavy atom. The minimum Gasteiger partial charge on any atom is -0.483 e. The third-order valence-corrected chi connectivity index (χ3v) is 2.75. The summed E-state index contributed by atoms with van der Waals surface area (Å²) in [6.45, 7) is 5.82. The van der Waals surface area contributed by atoms with Crippen LogP contribution < -0.4 is 4.74 Å². The molecule has 0 saturated heterocycles. The molecule has 0 radical (unpaired) electrons. The molecule has 0 aliphatic heterocycles. The van der Waals surface area contributed by atoms with Crippen molar-refractivity contribution < 1.29 is 19.1 Å². The lowest BCUT2D eigenvalue weighted by atomic mass is 10.1. The number of carboxylic acids is 1. The van der Waals surface area contributed by atoms with E-state index in [9.17, 15) is 4.79 Å². The minimum absolute atomic E-state index is 0.0779. The lowest BCUT2D eigenvalue weighted by Crippen LogP contribution is -2.02. The molecular formula is C15H16O4. The van der Waals surface area contributed by atoms with E-state index in [4.69, 9.17) is 14.3 Å². The first kappa shape index (κ1) is 13.2. The highest BCUT2D eigenvalue weighted by Crippen LogP contribution is 2.25. The number of carbonyl (C=O) groups is 1. The van der Waals surface area contributed by atoms with Crippen LogP contribution in [0.3, 0.4) is 0 Å². The van der Waals surface area contributed by atoms with Gasteiger partial charge in [-0.25, -0.2) is 4.79 Å². The molecule has 2 aromatic rings. The van der Waals surface area contributed by atoms with Crippen LogP contribution >= 0.6 is 0 Å². The molecule has 1 N–H and O–H groups in total. The molecule has 1 heterocycles. The van der Waals surface area contributed by atoms with Crippen molar-refractivity contribution in [2.24, 2.45) is 0 Å².